The standard InChI is InChI=1S/C22H23F3N6O.H2/c1-14-8-19(27-22-26-13-31(28-22)15-2-3-17(23)18(24)10-15)21(25)20(9-14)30-6-4-29(5-7-30)16-11-32-12-16;/h2-3,8-10,13,16H,4-7,11-12H2,1H3,(H,27,28);1H. The highest BCUT2D eigenvalue weighted by Gasteiger charge is 2.30. The molecular weight excluding hydrogens is 421 g/mol. The van der Waals surface area contributed by atoms with Crippen LogP contribution in [0.15, 0.2) is 36.7 Å². The number of aromatic nitrogens is 3. The Morgan fingerprint density at radius 2 is 1.81 bits per heavy atom. The summed E-state index contributed by atoms with van der Waals surface area (Å²) < 4.78 is 48.7. The SMILES string of the molecule is Cc1cc(Nc2ncn(-c3ccc(F)c(F)c3)n2)c(F)c(N2CCN(C3COC3)CC2)c1.[HH]. The lowest BCUT2D eigenvalue weighted by molar-refractivity contribution is -0.0660. The molecule has 2 saturated heterocycles. The van der Waals surface area contributed by atoms with E-state index in [0.29, 0.717) is 17.4 Å². The summed E-state index contributed by atoms with van der Waals surface area (Å²) in [5.41, 5.74) is 2.01. The predicted molar refractivity (Wildman–Crippen MR) is 116 cm³/mol. The topological polar surface area (TPSA) is 58.5 Å². The molecule has 32 heavy (non-hydrogen) atoms. The van der Waals surface area contributed by atoms with Gasteiger partial charge in [-0.2, -0.15) is 4.98 Å². The van der Waals surface area contributed by atoms with Crippen molar-refractivity contribution < 1.29 is 19.3 Å². The Hall–Kier alpha value is -3.11. The minimum absolute atomic E-state index is 0. The average Bonchev–Trinajstić information content (AvgIpc) is 3.20. The number of hydrogen-bond donors (Lipinski definition) is 1. The van der Waals surface area contributed by atoms with E-state index < -0.39 is 11.6 Å². The Morgan fingerprint density at radius 1 is 1.03 bits per heavy atom. The van der Waals surface area contributed by atoms with Crippen LogP contribution in [0.1, 0.15) is 6.99 Å². The average molecular weight is 446 g/mol. The van der Waals surface area contributed by atoms with E-state index in [0.717, 1.165) is 57.1 Å². The van der Waals surface area contributed by atoms with Gasteiger partial charge in [0.2, 0.25) is 5.95 Å². The normalized spacial score (nSPS) is 17.4. The van der Waals surface area contributed by atoms with Gasteiger partial charge >= 0.3 is 0 Å². The second-order valence-electron chi connectivity index (χ2n) is 8.10. The number of nitrogens with one attached hydrogen (secondary N) is 1. The Morgan fingerprint density at radius 3 is 2.50 bits per heavy atom. The van der Waals surface area contributed by atoms with E-state index in [4.69, 9.17) is 4.74 Å². The summed E-state index contributed by atoms with van der Waals surface area (Å²) in [5.74, 6) is -2.14. The zero-order chi connectivity index (χ0) is 22.2. The van der Waals surface area contributed by atoms with Crippen molar-refractivity contribution in [3.63, 3.8) is 0 Å². The first-order chi connectivity index (χ1) is 15.5. The van der Waals surface area contributed by atoms with Crippen molar-refractivity contribution >= 4 is 17.3 Å². The maximum atomic E-state index is 15.4. The lowest BCUT2D eigenvalue weighted by Crippen LogP contribution is -2.56. The largest absolute Gasteiger partial charge is 0.378 e. The first-order valence-corrected chi connectivity index (χ1v) is 10.5. The van der Waals surface area contributed by atoms with Crippen molar-refractivity contribution in [2.75, 3.05) is 49.6 Å². The van der Waals surface area contributed by atoms with Crippen LogP contribution in [-0.2, 0) is 4.74 Å². The van der Waals surface area contributed by atoms with E-state index >= 15 is 4.39 Å². The highest BCUT2D eigenvalue weighted by molar-refractivity contribution is 5.65. The van der Waals surface area contributed by atoms with Crippen molar-refractivity contribution in [2.45, 2.75) is 13.0 Å². The van der Waals surface area contributed by atoms with Gasteiger partial charge in [0, 0.05) is 33.7 Å². The maximum absolute atomic E-state index is 15.4. The van der Waals surface area contributed by atoms with Crippen LogP contribution in [0, 0.1) is 24.4 Å². The fourth-order valence-electron chi connectivity index (χ4n) is 4.03. The van der Waals surface area contributed by atoms with Gasteiger partial charge in [0.05, 0.1) is 36.3 Å². The van der Waals surface area contributed by atoms with E-state index in [-0.39, 0.29) is 18.9 Å². The molecule has 10 heteroatoms. The van der Waals surface area contributed by atoms with Crippen molar-refractivity contribution in [3.05, 3.63) is 59.7 Å². The molecule has 170 valence electrons. The number of piperazine rings is 1. The minimum Gasteiger partial charge on any atom is -0.378 e. The van der Waals surface area contributed by atoms with E-state index in [9.17, 15) is 8.78 Å². The Kier molecular flexibility index (Phi) is 5.48. The molecule has 0 saturated carbocycles. The Bertz CT molecular complexity index is 1130. The number of aryl methyl sites for hydroxylation is 1. The van der Waals surface area contributed by atoms with Crippen LogP contribution in [0.3, 0.4) is 0 Å². The molecule has 3 aromatic rings. The van der Waals surface area contributed by atoms with Gasteiger partial charge in [-0.15, -0.1) is 5.10 Å². The van der Waals surface area contributed by atoms with Gasteiger partial charge in [0.15, 0.2) is 17.5 Å². The summed E-state index contributed by atoms with van der Waals surface area (Å²) in [6, 6.07) is 7.44. The maximum Gasteiger partial charge on any atom is 0.247 e. The Balaban J connectivity index is 0.00000259. The summed E-state index contributed by atoms with van der Waals surface area (Å²) >= 11 is 0. The summed E-state index contributed by atoms with van der Waals surface area (Å²) in [7, 11) is 0. The molecule has 0 atom stereocenters. The highest BCUT2D eigenvalue weighted by Crippen LogP contribution is 2.30. The summed E-state index contributed by atoms with van der Waals surface area (Å²) in [5, 5.41) is 7.13. The number of nitrogens with zero attached hydrogens (tertiary/aromatic N) is 5. The smallest absolute Gasteiger partial charge is 0.247 e. The molecule has 0 aliphatic carbocycles. The first kappa shape index (κ1) is 20.8. The fourth-order valence-corrected chi connectivity index (χ4v) is 4.03. The molecule has 2 aromatic carbocycles. The lowest BCUT2D eigenvalue weighted by Gasteiger charge is -2.43. The number of halogens is 3. The van der Waals surface area contributed by atoms with Crippen LogP contribution >= 0.6 is 0 Å². The second-order valence-corrected chi connectivity index (χ2v) is 8.10. The van der Waals surface area contributed by atoms with E-state index in [1.807, 2.05) is 13.0 Å². The summed E-state index contributed by atoms with van der Waals surface area (Å²) in [4.78, 5) is 8.57. The third-order valence-electron chi connectivity index (χ3n) is 5.90. The molecule has 1 aromatic heterocycles. The highest BCUT2D eigenvalue weighted by atomic mass is 19.2. The number of rotatable bonds is 5. The Labute approximate surface area is 184 Å². The van der Waals surface area contributed by atoms with Crippen molar-refractivity contribution in [1.82, 2.24) is 19.7 Å². The first-order valence-electron chi connectivity index (χ1n) is 10.5. The molecule has 2 fully saturated rings. The van der Waals surface area contributed by atoms with E-state index in [2.05, 4.69) is 25.2 Å². The molecule has 7 nitrogen and oxygen atoms in total. The van der Waals surface area contributed by atoms with Gasteiger partial charge in [-0.05, 0) is 36.8 Å². The molecule has 1 N–H and O–H groups in total. The minimum atomic E-state index is -0.980. The second kappa shape index (κ2) is 8.44. The van der Waals surface area contributed by atoms with Crippen LogP contribution in [0.2, 0.25) is 0 Å². The number of anilines is 3. The van der Waals surface area contributed by atoms with E-state index in [1.54, 1.807) is 6.07 Å². The van der Waals surface area contributed by atoms with Gasteiger partial charge in [-0.3, -0.25) is 4.90 Å². The predicted octanol–water partition coefficient (Wildman–Crippen LogP) is 3.50. The van der Waals surface area contributed by atoms with Gasteiger partial charge in [0.25, 0.3) is 0 Å². The molecule has 0 unspecified atom stereocenters. The number of hydrogen-bond acceptors (Lipinski definition) is 6. The van der Waals surface area contributed by atoms with Crippen LogP contribution in [0.25, 0.3) is 5.69 Å². The van der Waals surface area contributed by atoms with Crippen molar-refractivity contribution in [1.29, 1.82) is 0 Å². The molecule has 0 bridgehead atoms. The van der Waals surface area contributed by atoms with Crippen molar-refractivity contribution in [2.24, 2.45) is 0 Å². The fraction of sp³-hybridized carbons (Fsp3) is 0.364. The third kappa shape index (κ3) is 4.03. The zero-order valence-electron chi connectivity index (χ0n) is 17.6. The summed E-state index contributed by atoms with van der Waals surface area (Å²) in [6.07, 6.45) is 1.35. The molecule has 0 radical (unpaired) electrons. The number of ether oxygens (including phenoxy) is 1. The van der Waals surface area contributed by atoms with Gasteiger partial charge < -0.3 is 15.0 Å². The van der Waals surface area contributed by atoms with Gasteiger partial charge in [-0.25, -0.2) is 17.9 Å². The lowest BCUT2D eigenvalue weighted by atomic mass is 10.1. The molecule has 0 amide bonds. The molecule has 5 rings (SSSR count). The molecule has 3 heterocycles. The molecule has 2 aliphatic heterocycles. The van der Waals surface area contributed by atoms with Crippen LogP contribution in [-0.4, -0.2) is 65.1 Å². The molecular formula is C22H25F3N6O. The zero-order valence-corrected chi connectivity index (χ0v) is 17.6. The molecule has 0 spiro atoms. The van der Waals surface area contributed by atoms with Crippen LogP contribution < -0.4 is 10.2 Å². The summed E-state index contributed by atoms with van der Waals surface area (Å²) in [6.45, 7) is 6.66. The quantitative estimate of drug-likeness (QED) is 0.648. The van der Waals surface area contributed by atoms with Crippen LogP contribution in [0.4, 0.5) is 30.5 Å². The van der Waals surface area contributed by atoms with Crippen LogP contribution in [0.5, 0.6) is 0 Å². The van der Waals surface area contributed by atoms with Gasteiger partial charge in [0.1, 0.15) is 6.33 Å². The molecule has 2 aliphatic rings. The van der Waals surface area contributed by atoms with E-state index in [1.165, 1.54) is 17.1 Å². The monoisotopic (exact) mass is 446 g/mol. The van der Waals surface area contributed by atoms with Gasteiger partial charge in [-0.1, -0.05) is 0 Å². The third-order valence-corrected chi connectivity index (χ3v) is 5.90. The van der Waals surface area contributed by atoms with Crippen molar-refractivity contribution in [3.8, 4) is 5.69 Å². The number of benzene rings is 2.